The van der Waals surface area contributed by atoms with E-state index < -0.39 is 0 Å². The Bertz CT molecular complexity index is 988. The van der Waals surface area contributed by atoms with Crippen LogP contribution in [0.2, 0.25) is 0 Å². The van der Waals surface area contributed by atoms with Crippen LogP contribution in [0.5, 0.6) is 5.75 Å². The SMILES string of the molecule is COc1ccc2cc(CNC(=O)CNC(=O)c3ccccc3I)ccc2c1. The molecule has 0 saturated carbocycles. The minimum atomic E-state index is -0.255. The highest BCUT2D eigenvalue weighted by atomic mass is 127. The van der Waals surface area contributed by atoms with E-state index in [-0.39, 0.29) is 18.4 Å². The number of benzene rings is 3. The molecule has 0 aliphatic heterocycles. The Labute approximate surface area is 171 Å². The minimum Gasteiger partial charge on any atom is -0.497 e. The molecule has 0 radical (unpaired) electrons. The number of halogens is 1. The second-order valence-corrected chi connectivity index (χ2v) is 7.15. The zero-order valence-corrected chi connectivity index (χ0v) is 16.9. The summed E-state index contributed by atoms with van der Waals surface area (Å²) in [5.41, 5.74) is 1.56. The van der Waals surface area contributed by atoms with Crippen LogP contribution in [-0.4, -0.2) is 25.5 Å². The number of rotatable bonds is 6. The lowest BCUT2D eigenvalue weighted by molar-refractivity contribution is -0.120. The van der Waals surface area contributed by atoms with Gasteiger partial charge in [0.2, 0.25) is 5.91 Å². The van der Waals surface area contributed by atoms with Crippen molar-refractivity contribution >= 4 is 45.2 Å². The molecule has 5 nitrogen and oxygen atoms in total. The lowest BCUT2D eigenvalue weighted by Gasteiger charge is -2.09. The fourth-order valence-corrected chi connectivity index (χ4v) is 3.31. The van der Waals surface area contributed by atoms with Crippen LogP contribution in [-0.2, 0) is 11.3 Å². The molecule has 0 aliphatic rings. The summed E-state index contributed by atoms with van der Waals surface area (Å²) < 4.78 is 6.07. The molecule has 0 aromatic heterocycles. The van der Waals surface area contributed by atoms with E-state index in [2.05, 4.69) is 33.2 Å². The van der Waals surface area contributed by atoms with E-state index >= 15 is 0 Å². The first-order valence-electron chi connectivity index (χ1n) is 8.43. The van der Waals surface area contributed by atoms with Crippen LogP contribution in [0.1, 0.15) is 15.9 Å². The molecule has 0 bridgehead atoms. The normalized spacial score (nSPS) is 10.4. The average Bonchev–Trinajstić information content (AvgIpc) is 2.70. The van der Waals surface area contributed by atoms with Crippen LogP contribution < -0.4 is 15.4 Å². The molecule has 138 valence electrons. The molecule has 2 amide bonds. The topological polar surface area (TPSA) is 67.4 Å². The van der Waals surface area contributed by atoms with Gasteiger partial charge in [-0.25, -0.2) is 0 Å². The maximum atomic E-state index is 12.1. The van der Waals surface area contributed by atoms with Crippen molar-refractivity contribution in [2.45, 2.75) is 6.54 Å². The second-order valence-electron chi connectivity index (χ2n) is 5.99. The second kappa shape index (κ2) is 8.85. The Kier molecular flexibility index (Phi) is 6.28. The van der Waals surface area contributed by atoms with E-state index in [1.807, 2.05) is 48.5 Å². The Morgan fingerprint density at radius 3 is 2.48 bits per heavy atom. The molecule has 0 heterocycles. The fraction of sp³-hybridized carbons (Fsp3) is 0.143. The highest BCUT2D eigenvalue weighted by molar-refractivity contribution is 14.1. The van der Waals surface area contributed by atoms with Gasteiger partial charge in [-0.1, -0.05) is 30.3 Å². The van der Waals surface area contributed by atoms with Crippen LogP contribution in [0.4, 0.5) is 0 Å². The molecular weight excluding hydrogens is 455 g/mol. The number of fused-ring (bicyclic) bond motifs is 1. The molecule has 0 saturated heterocycles. The molecule has 3 aromatic carbocycles. The van der Waals surface area contributed by atoms with Gasteiger partial charge in [-0.15, -0.1) is 0 Å². The monoisotopic (exact) mass is 474 g/mol. The third-order valence-electron chi connectivity index (χ3n) is 4.13. The van der Waals surface area contributed by atoms with Crippen molar-refractivity contribution in [2.75, 3.05) is 13.7 Å². The smallest absolute Gasteiger partial charge is 0.252 e. The van der Waals surface area contributed by atoms with Gasteiger partial charge in [0.15, 0.2) is 0 Å². The van der Waals surface area contributed by atoms with Crippen LogP contribution in [0.3, 0.4) is 0 Å². The van der Waals surface area contributed by atoms with Gasteiger partial charge in [-0.2, -0.15) is 0 Å². The first-order valence-corrected chi connectivity index (χ1v) is 9.51. The summed E-state index contributed by atoms with van der Waals surface area (Å²) in [6.07, 6.45) is 0. The van der Waals surface area contributed by atoms with Crippen LogP contribution in [0.15, 0.2) is 60.7 Å². The lowest BCUT2D eigenvalue weighted by atomic mass is 10.1. The number of hydrogen-bond acceptors (Lipinski definition) is 3. The maximum absolute atomic E-state index is 12.1. The van der Waals surface area contributed by atoms with Crippen molar-refractivity contribution in [1.29, 1.82) is 0 Å². The summed E-state index contributed by atoms with van der Waals surface area (Å²) >= 11 is 2.10. The lowest BCUT2D eigenvalue weighted by Crippen LogP contribution is -2.36. The summed E-state index contributed by atoms with van der Waals surface area (Å²) in [6, 6.07) is 19.1. The van der Waals surface area contributed by atoms with Gasteiger partial charge >= 0.3 is 0 Å². The maximum Gasteiger partial charge on any atom is 0.252 e. The van der Waals surface area contributed by atoms with Crippen LogP contribution in [0.25, 0.3) is 10.8 Å². The van der Waals surface area contributed by atoms with E-state index in [9.17, 15) is 9.59 Å². The van der Waals surface area contributed by atoms with E-state index in [1.54, 1.807) is 19.2 Å². The Balaban J connectivity index is 1.54. The van der Waals surface area contributed by atoms with E-state index in [1.165, 1.54) is 0 Å². The van der Waals surface area contributed by atoms with Crippen LogP contribution in [0, 0.1) is 3.57 Å². The van der Waals surface area contributed by atoms with Crippen molar-refractivity contribution in [1.82, 2.24) is 10.6 Å². The van der Waals surface area contributed by atoms with Gasteiger partial charge < -0.3 is 15.4 Å². The van der Waals surface area contributed by atoms with Gasteiger partial charge in [0.25, 0.3) is 5.91 Å². The van der Waals surface area contributed by atoms with Crippen LogP contribution >= 0.6 is 22.6 Å². The fourth-order valence-electron chi connectivity index (χ4n) is 2.67. The molecule has 0 spiro atoms. The standard InChI is InChI=1S/C21H19IN2O3/c1-27-17-9-8-15-10-14(6-7-16(15)11-17)12-23-20(25)13-24-21(26)18-4-2-3-5-19(18)22/h2-11H,12-13H2,1H3,(H,23,25)(H,24,26). The number of methoxy groups -OCH3 is 1. The molecule has 6 heteroatoms. The minimum absolute atomic E-state index is 0.0609. The number of nitrogens with one attached hydrogen (secondary N) is 2. The number of carbonyl (C=O) groups is 2. The third-order valence-corrected chi connectivity index (χ3v) is 5.07. The zero-order valence-electron chi connectivity index (χ0n) is 14.8. The average molecular weight is 474 g/mol. The highest BCUT2D eigenvalue weighted by Crippen LogP contribution is 2.21. The van der Waals surface area contributed by atoms with Gasteiger partial charge in [-0.05, 0) is 69.3 Å². The van der Waals surface area contributed by atoms with Gasteiger partial charge in [-0.3, -0.25) is 9.59 Å². The van der Waals surface area contributed by atoms with E-state index in [4.69, 9.17) is 4.74 Å². The third kappa shape index (κ3) is 4.97. The Morgan fingerprint density at radius 1 is 0.963 bits per heavy atom. The molecule has 0 fully saturated rings. The summed E-state index contributed by atoms with van der Waals surface area (Å²) in [5, 5.41) is 7.63. The summed E-state index contributed by atoms with van der Waals surface area (Å²) in [4.78, 5) is 24.2. The van der Waals surface area contributed by atoms with E-state index in [0.717, 1.165) is 25.7 Å². The largest absolute Gasteiger partial charge is 0.497 e. The quantitative estimate of drug-likeness (QED) is 0.538. The molecule has 0 unspecified atom stereocenters. The molecular formula is C21H19IN2O3. The first kappa shape index (κ1) is 19.2. The summed E-state index contributed by atoms with van der Waals surface area (Å²) in [5.74, 6) is 0.325. The van der Waals surface area contributed by atoms with Gasteiger partial charge in [0, 0.05) is 10.1 Å². The molecule has 3 rings (SSSR count). The predicted octanol–water partition coefficient (Wildman–Crippen LogP) is 3.50. The summed E-state index contributed by atoms with van der Waals surface area (Å²) in [7, 11) is 1.64. The van der Waals surface area contributed by atoms with Crippen molar-refractivity contribution in [2.24, 2.45) is 0 Å². The summed E-state index contributed by atoms with van der Waals surface area (Å²) in [6.45, 7) is 0.341. The molecule has 0 aliphatic carbocycles. The number of hydrogen-bond donors (Lipinski definition) is 2. The molecule has 3 aromatic rings. The highest BCUT2D eigenvalue weighted by Gasteiger charge is 2.10. The molecule has 27 heavy (non-hydrogen) atoms. The van der Waals surface area contributed by atoms with Crippen molar-refractivity contribution in [3.63, 3.8) is 0 Å². The van der Waals surface area contributed by atoms with Gasteiger partial charge in [0.05, 0.1) is 19.2 Å². The Hall–Kier alpha value is -2.61. The molecule has 2 N–H and O–H groups in total. The van der Waals surface area contributed by atoms with Crippen molar-refractivity contribution < 1.29 is 14.3 Å². The number of ether oxygens (including phenoxy) is 1. The molecule has 0 atom stereocenters. The first-order chi connectivity index (χ1) is 13.1. The van der Waals surface area contributed by atoms with E-state index in [0.29, 0.717) is 12.1 Å². The van der Waals surface area contributed by atoms with Crippen molar-refractivity contribution in [3.8, 4) is 5.75 Å². The number of carbonyl (C=O) groups excluding carboxylic acids is 2. The predicted molar refractivity (Wildman–Crippen MR) is 114 cm³/mol. The number of amides is 2. The zero-order chi connectivity index (χ0) is 19.2. The van der Waals surface area contributed by atoms with Crippen molar-refractivity contribution in [3.05, 3.63) is 75.4 Å². The van der Waals surface area contributed by atoms with Gasteiger partial charge in [0.1, 0.15) is 5.75 Å². The Morgan fingerprint density at radius 2 is 1.70 bits per heavy atom.